The number of rotatable bonds is 5. The minimum absolute atomic E-state index is 0.0127. The molecule has 0 unspecified atom stereocenters. The average molecular weight is 426 g/mol. The number of carbonyl (C=O) groups is 2. The SMILES string of the molecule is O=C(Nc1ccc(Oc2ccnc3cc(C(=O)N4CCC4)sc23)c(F)c1)NC1CC1. The second-order valence-corrected chi connectivity index (χ2v) is 8.45. The monoisotopic (exact) mass is 426 g/mol. The van der Waals surface area contributed by atoms with Gasteiger partial charge in [0.15, 0.2) is 11.6 Å². The van der Waals surface area contributed by atoms with E-state index in [2.05, 4.69) is 15.6 Å². The minimum Gasteiger partial charge on any atom is -0.453 e. The number of fused-ring (bicyclic) bond motifs is 1. The minimum atomic E-state index is -0.599. The zero-order valence-electron chi connectivity index (χ0n) is 16.0. The summed E-state index contributed by atoms with van der Waals surface area (Å²) in [5.41, 5.74) is 0.980. The van der Waals surface area contributed by atoms with Crippen LogP contribution in [-0.4, -0.2) is 41.0 Å². The van der Waals surface area contributed by atoms with E-state index in [9.17, 15) is 14.0 Å². The topological polar surface area (TPSA) is 83.6 Å². The normalized spacial score (nSPS) is 15.6. The number of urea groups is 1. The van der Waals surface area contributed by atoms with Crippen molar-refractivity contribution in [3.05, 3.63) is 47.2 Å². The summed E-state index contributed by atoms with van der Waals surface area (Å²) in [6.07, 6.45) is 4.54. The summed E-state index contributed by atoms with van der Waals surface area (Å²) in [4.78, 5) is 31.0. The molecule has 0 radical (unpaired) electrons. The van der Waals surface area contributed by atoms with Gasteiger partial charge in [-0.25, -0.2) is 9.18 Å². The summed E-state index contributed by atoms with van der Waals surface area (Å²) >= 11 is 1.29. The fourth-order valence-electron chi connectivity index (χ4n) is 3.14. The molecular weight excluding hydrogens is 407 g/mol. The summed E-state index contributed by atoms with van der Waals surface area (Å²) < 4.78 is 21.1. The van der Waals surface area contributed by atoms with Gasteiger partial charge in [-0.05, 0) is 37.5 Å². The molecule has 0 bridgehead atoms. The van der Waals surface area contributed by atoms with Gasteiger partial charge in [-0.1, -0.05) is 0 Å². The highest BCUT2D eigenvalue weighted by molar-refractivity contribution is 7.21. The Bertz CT molecular complexity index is 1140. The number of carbonyl (C=O) groups excluding carboxylic acids is 2. The predicted octanol–water partition coefficient (Wildman–Crippen LogP) is 4.36. The van der Waals surface area contributed by atoms with E-state index in [-0.39, 0.29) is 23.7 Å². The lowest BCUT2D eigenvalue weighted by molar-refractivity contribution is 0.0657. The van der Waals surface area contributed by atoms with Gasteiger partial charge in [0.2, 0.25) is 0 Å². The van der Waals surface area contributed by atoms with Gasteiger partial charge >= 0.3 is 6.03 Å². The molecule has 3 amide bonds. The van der Waals surface area contributed by atoms with E-state index in [1.54, 1.807) is 29.3 Å². The van der Waals surface area contributed by atoms with Crippen LogP contribution in [0.1, 0.15) is 28.9 Å². The van der Waals surface area contributed by atoms with E-state index in [0.717, 1.165) is 32.4 Å². The van der Waals surface area contributed by atoms with E-state index in [1.807, 2.05) is 0 Å². The Labute approximate surface area is 175 Å². The zero-order valence-corrected chi connectivity index (χ0v) is 16.8. The van der Waals surface area contributed by atoms with Gasteiger partial charge in [0.1, 0.15) is 5.75 Å². The van der Waals surface area contributed by atoms with Crippen LogP contribution in [0.3, 0.4) is 0 Å². The maximum absolute atomic E-state index is 14.6. The summed E-state index contributed by atoms with van der Waals surface area (Å²) in [6, 6.07) is 7.52. The largest absolute Gasteiger partial charge is 0.453 e. The molecule has 2 N–H and O–H groups in total. The zero-order chi connectivity index (χ0) is 20.7. The molecule has 1 aliphatic heterocycles. The van der Waals surface area contributed by atoms with E-state index < -0.39 is 5.82 Å². The van der Waals surface area contributed by atoms with Crippen molar-refractivity contribution < 1.29 is 18.7 Å². The number of hydrogen-bond donors (Lipinski definition) is 2. The van der Waals surface area contributed by atoms with Crippen LogP contribution in [0.5, 0.6) is 11.5 Å². The lowest BCUT2D eigenvalue weighted by Gasteiger charge is -2.30. The van der Waals surface area contributed by atoms with Crippen LogP contribution in [-0.2, 0) is 0 Å². The molecular formula is C21H19FN4O3S. The number of amides is 3. The molecule has 3 heterocycles. The number of likely N-dealkylation sites (tertiary alicyclic amines) is 1. The Morgan fingerprint density at radius 3 is 2.70 bits per heavy atom. The number of anilines is 1. The predicted molar refractivity (Wildman–Crippen MR) is 112 cm³/mol. The molecule has 2 aliphatic rings. The van der Waals surface area contributed by atoms with Gasteiger partial charge in [0.05, 0.1) is 15.1 Å². The molecule has 2 aromatic heterocycles. The van der Waals surface area contributed by atoms with E-state index in [1.165, 1.54) is 23.5 Å². The van der Waals surface area contributed by atoms with E-state index in [4.69, 9.17) is 4.74 Å². The van der Waals surface area contributed by atoms with Crippen LogP contribution >= 0.6 is 11.3 Å². The summed E-state index contributed by atoms with van der Waals surface area (Å²) in [5.74, 6) is -0.155. The van der Waals surface area contributed by atoms with Crippen molar-refractivity contribution in [3.63, 3.8) is 0 Å². The molecule has 9 heteroatoms. The molecule has 0 atom stereocenters. The molecule has 1 saturated carbocycles. The number of aromatic nitrogens is 1. The first kappa shape index (κ1) is 18.8. The summed E-state index contributed by atoms with van der Waals surface area (Å²) in [6.45, 7) is 1.54. The fourth-order valence-corrected chi connectivity index (χ4v) is 4.17. The van der Waals surface area contributed by atoms with E-state index in [0.29, 0.717) is 26.5 Å². The lowest BCUT2D eigenvalue weighted by atomic mass is 10.2. The van der Waals surface area contributed by atoms with Crippen molar-refractivity contribution >= 4 is 39.2 Å². The van der Waals surface area contributed by atoms with Gasteiger partial charge < -0.3 is 20.3 Å². The Kier molecular flexibility index (Phi) is 4.74. The maximum Gasteiger partial charge on any atom is 0.319 e. The Balaban J connectivity index is 1.35. The molecule has 5 rings (SSSR count). The number of nitrogens with one attached hydrogen (secondary N) is 2. The third kappa shape index (κ3) is 3.80. The van der Waals surface area contributed by atoms with Gasteiger partial charge in [-0.15, -0.1) is 11.3 Å². The molecule has 1 aliphatic carbocycles. The van der Waals surface area contributed by atoms with Crippen LogP contribution in [0, 0.1) is 5.82 Å². The van der Waals surface area contributed by atoms with Gasteiger partial charge in [-0.3, -0.25) is 9.78 Å². The summed E-state index contributed by atoms with van der Waals surface area (Å²) in [7, 11) is 0. The highest BCUT2D eigenvalue weighted by Gasteiger charge is 2.25. The average Bonchev–Trinajstić information content (AvgIpc) is 3.36. The van der Waals surface area contributed by atoms with Crippen molar-refractivity contribution in [3.8, 4) is 11.5 Å². The molecule has 1 saturated heterocycles. The lowest BCUT2D eigenvalue weighted by Crippen LogP contribution is -2.41. The highest BCUT2D eigenvalue weighted by Crippen LogP contribution is 2.36. The number of benzene rings is 1. The first-order chi connectivity index (χ1) is 14.6. The van der Waals surface area contributed by atoms with Crippen molar-refractivity contribution in [2.45, 2.75) is 25.3 Å². The first-order valence-corrected chi connectivity index (χ1v) is 10.6. The number of ether oxygens (including phenoxy) is 1. The smallest absolute Gasteiger partial charge is 0.319 e. The van der Waals surface area contributed by atoms with Crippen LogP contribution in [0.2, 0.25) is 0 Å². The third-order valence-electron chi connectivity index (χ3n) is 5.05. The summed E-state index contributed by atoms with van der Waals surface area (Å²) in [5, 5.41) is 5.40. The number of pyridine rings is 1. The third-order valence-corrected chi connectivity index (χ3v) is 6.18. The van der Waals surface area contributed by atoms with Crippen LogP contribution in [0.15, 0.2) is 36.5 Å². The second kappa shape index (κ2) is 7.56. The van der Waals surface area contributed by atoms with Gasteiger partial charge in [-0.2, -0.15) is 0 Å². The van der Waals surface area contributed by atoms with Crippen molar-refractivity contribution in [2.75, 3.05) is 18.4 Å². The van der Waals surface area contributed by atoms with Crippen molar-refractivity contribution in [1.29, 1.82) is 0 Å². The van der Waals surface area contributed by atoms with Gasteiger partial charge in [0, 0.05) is 43.1 Å². The quantitative estimate of drug-likeness (QED) is 0.635. The number of nitrogens with zero attached hydrogens (tertiary/aromatic N) is 2. The van der Waals surface area contributed by atoms with Crippen LogP contribution in [0.25, 0.3) is 10.2 Å². The Hall–Kier alpha value is -3.20. The Morgan fingerprint density at radius 1 is 1.17 bits per heavy atom. The molecule has 2 fully saturated rings. The molecule has 154 valence electrons. The fraction of sp³-hybridized carbons (Fsp3) is 0.286. The number of hydrogen-bond acceptors (Lipinski definition) is 5. The number of halogens is 1. The standard InChI is InChI=1S/C21H19FN4O3S/c22-14-10-13(25-21(28)24-12-2-3-12)4-5-16(14)29-17-6-7-23-15-11-18(30-19(15)17)20(27)26-8-1-9-26/h4-7,10-12H,1-3,8-9H2,(H2,24,25,28). The van der Waals surface area contributed by atoms with Crippen molar-refractivity contribution in [2.24, 2.45) is 0 Å². The number of thiophene rings is 1. The van der Waals surface area contributed by atoms with Crippen molar-refractivity contribution in [1.82, 2.24) is 15.2 Å². The van der Waals surface area contributed by atoms with Crippen LogP contribution < -0.4 is 15.4 Å². The molecule has 3 aromatic rings. The van der Waals surface area contributed by atoms with Gasteiger partial charge in [0.25, 0.3) is 5.91 Å². The molecule has 0 spiro atoms. The Morgan fingerprint density at radius 2 is 2.00 bits per heavy atom. The van der Waals surface area contributed by atoms with Crippen LogP contribution in [0.4, 0.5) is 14.9 Å². The highest BCUT2D eigenvalue weighted by atomic mass is 32.1. The molecule has 30 heavy (non-hydrogen) atoms. The second-order valence-electron chi connectivity index (χ2n) is 7.40. The van der Waals surface area contributed by atoms with E-state index >= 15 is 0 Å². The molecule has 1 aromatic carbocycles. The first-order valence-electron chi connectivity index (χ1n) is 9.79. The maximum atomic E-state index is 14.6. The molecule has 7 nitrogen and oxygen atoms in total.